The molecule has 0 radical (unpaired) electrons. The summed E-state index contributed by atoms with van der Waals surface area (Å²) in [5.74, 6) is 0.561. The molecule has 0 bridgehead atoms. The highest BCUT2D eigenvalue weighted by Crippen LogP contribution is 2.35. The van der Waals surface area contributed by atoms with Gasteiger partial charge in [0.2, 0.25) is 0 Å². The van der Waals surface area contributed by atoms with Crippen LogP contribution in [0, 0.1) is 14.9 Å². The van der Waals surface area contributed by atoms with Crippen LogP contribution in [0.25, 0.3) is 6.08 Å². The van der Waals surface area contributed by atoms with Gasteiger partial charge in [-0.1, -0.05) is 51.3 Å². The number of ether oxygens (including phenoxy) is 2. The molecule has 0 saturated heterocycles. The number of rotatable bonds is 8. The van der Waals surface area contributed by atoms with E-state index >= 15 is 0 Å². The highest BCUT2D eigenvalue weighted by molar-refractivity contribution is 14.1. The van der Waals surface area contributed by atoms with Gasteiger partial charge in [-0.25, -0.2) is 0 Å². The van der Waals surface area contributed by atoms with Crippen LogP contribution in [0.1, 0.15) is 18.1 Å². The average molecular weight is 672 g/mol. The van der Waals surface area contributed by atoms with E-state index in [-0.39, 0.29) is 5.57 Å². The van der Waals surface area contributed by atoms with E-state index in [2.05, 4.69) is 43.8 Å². The first-order valence-corrected chi connectivity index (χ1v) is 12.6. The summed E-state index contributed by atoms with van der Waals surface area (Å²) < 4.78 is 13.6. The summed E-state index contributed by atoms with van der Waals surface area (Å²) in [6.45, 7) is 2.67. The van der Waals surface area contributed by atoms with E-state index in [9.17, 15) is 10.1 Å². The lowest BCUT2D eigenvalue weighted by Crippen LogP contribution is -2.13. The number of benzene rings is 3. The van der Waals surface area contributed by atoms with Crippen LogP contribution < -0.4 is 14.8 Å². The van der Waals surface area contributed by atoms with Gasteiger partial charge in [-0.15, -0.1) is 0 Å². The number of anilines is 1. The van der Waals surface area contributed by atoms with E-state index in [0.29, 0.717) is 46.0 Å². The lowest BCUT2D eigenvalue weighted by atomic mass is 10.1. The molecule has 0 aliphatic rings. The highest BCUT2D eigenvalue weighted by Gasteiger charge is 2.15. The number of nitriles is 1. The van der Waals surface area contributed by atoms with Crippen LogP contribution in [-0.4, -0.2) is 12.5 Å². The minimum Gasteiger partial charge on any atom is -0.490 e. The van der Waals surface area contributed by atoms with Gasteiger partial charge in [0, 0.05) is 10.2 Å². The number of halogens is 4. The molecule has 34 heavy (non-hydrogen) atoms. The number of amides is 1. The molecular weight excluding hydrogens is 654 g/mol. The van der Waals surface area contributed by atoms with E-state index in [4.69, 9.17) is 32.7 Å². The zero-order valence-corrected chi connectivity index (χ0v) is 23.1. The summed E-state index contributed by atoms with van der Waals surface area (Å²) in [4.78, 5) is 12.7. The Morgan fingerprint density at radius 1 is 1.12 bits per heavy atom. The summed E-state index contributed by atoms with van der Waals surface area (Å²) in [5, 5.41) is 12.9. The molecule has 0 saturated carbocycles. The van der Waals surface area contributed by atoms with Gasteiger partial charge in [0.25, 0.3) is 5.91 Å². The largest absolute Gasteiger partial charge is 0.490 e. The normalized spacial score (nSPS) is 11.0. The molecule has 0 atom stereocenters. The minimum atomic E-state index is -0.565. The van der Waals surface area contributed by atoms with Gasteiger partial charge >= 0.3 is 0 Å². The van der Waals surface area contributed by atoms with Gasteiger partial charge in [0.15, 0.2) is 11.5 Å². The van der Waals surface area contributed by atoms with Crippen LogP contribution in [0.4, 0.5) is 5.69 Å². The molecule has 0 spiro atoms. The zero-order chi connectivity index (χ0) is 24.7. The number of nitrogens with one attached hydrogen (secondary N) is 1. The zero-order valence-electron chi connectivity index (χ0n) is 17.9. The second kappa shape index (κ2) is 12.5. The summed E-state index contributed by atoms with van der Waals surface area (Å²) in [5.41, 5.74) is 2.00. The Hall–Kier alpha value is -2.25. The fraction of sp³-hybridized carbons (Fsp3) is 0.120. The molecule has 1 N–H and O–H groups in total. The molecule has 0 fully saturated rings. The lowest BCUT2D eigenvalue weighted by Gasteiger charge is -2.15. The molecule has 174 valence electrons. The van der Waals surface area contributed by atoms with E-state index in [0.717, 1.165) is 13.6 Å². The van der Waals surface area contributed by atoms with E-state index in [1.54, 1.807) is 18.2 Å². The Morgan fingerprint density at radius 3 is 2.50 bits per heavy atom. The second-order valence-corrected chi connectivity index (χ2v) is 9.82. The predicted octanol–water partition coefficient (Wildman–Crippen LogP) is 7.88. The molecule has 0 aliphatic carbocycles. The van der Waals surface area contributed by atoms with Crippen LogP contribution in [0.5, 0.6) is 11.5 Å². The Kier molecular flexibility index (Phi) is 9.65. The fourth-order valence-electron chi connectivity index (χ4n) is 2.90. The molecule has 1 amide bonds. The Bertz CT molecular complexity index is 1270. The molecule has 3 aromatic rings. The van der Waals surface area contributed by atoms with Crippen molar-refractivity contribution in [2.24, 2.45) is 0 Å². The minimum absolute atomic E-state index is 0.0761. The predicted molar refractivity (Wildman–Crippen MR) is 147 cm³/mol. The van der Waals surface area contributed by atoms with Crippen molar-refractivity contribution < 1.29 is 14.3 Å². The summed E-state index contributed by atoms with van der Waals surface area (Å²) >= 11 is 17.5. The van der Waals surface area contributed by atoms with Gasteiger partial charge in [0.05, 0.1) is 20.2 Å². The Morgan fingerprint density at radius 2 is 1.85 bits per heavy atom. The SMILES string of the molecule is CCOc1cc(/C=C(\C#N)C(=O)Nc2ccc(Cl)c(Cl)c2)cc(I)c1OCc1ccc(Br)cc1. The van der Waals surface area contributed by atoms with Crippen molar-refractivity contribution in [3.05, 3.63) is 89.4 Å². The quantitative estimate of drug-likeness (QED) is 0.150. The van der Waals surface area contributed by atoms with E-state index in [1.165, 1.54) is 12.1 Å². The third-order valence-corrected chi connectivity index (χ3v) is 6.55. The van der Waals surface area contributed by atoms with Crippen molar-refractivity contribution in [3.8, 4) is 17.6 Å². The monoisotopic (exact) mass is 670 g/mol. The van der Waals surface area contributed by atoms with Crippen LogP contribution in [0.2, 0.25) is 10.0 Å². The lowest BCUT2D eigenvalue weighted by molar-refractivity contribution is -0.112. The van der Waals surface area contributed by atoms with Gasteiger partial charge in [0.1, 0.15) is 18.2 Å². The molecule has 9 heteroatoms. The molecule has 0 unspecified atom stereocenters. The standard InChI is InChI=1S/C25H18BrCl2IN2O3/c1-2-33-23-11-16(10-22(29)24(23)34-14-15-3-5-18(26)6-4-15)9-17(13-30)25(32)31-19-7-8-20(27)21(28)12-19/h3-12H,2,14H2,1H3,(H,31,32)/b17-9+. The van der Waals surface area contributed by atoms with Gasteiger partial charge < -0.3 is 14.8 Å². The smallest absolute Gasteiger partial charge is 0.266 e. The molecule has 3 aromatic carbocycles. The highest BCUT2D eigenvalue weighted by atomic mass is 127. The van der Waals surface area contributed by atoms with Crippen LogP contribution >= 0.6 is 61.7 Å². The van der Waals surface area contributed by atoms with Crippen LogP contribution in [0.15, 0.2) is 64.6 Å². The summed E-state index contributed by atoms with van der Waals surface area (Å²) in [6, 6.07) is 18.1. The third kappa shape index (κ3) is 7.12. The molecule has 0 aromatic heterocycles. The number of hydrogen-bond acceptors (Lipinski definition) is 4. The second-order valence-electron chi connectivity index (χ2n) is 6.93. The average Bonchev–Trinajstić information content (AvgIpc) is 2.80. The molecule has 5 nitrogen and oxygen atoms in total. The van der Waals surface area contributed by atoms with Crippen molar-refractivity contribution >= 4 is 79.4 Å². The van der Waals surface area contributed by atoms with E-state index < -0.39 is 5.91 Å². The Labute approximate surface area is 229 Å². The van der Waals surface area contributed by atoms with Crippen molar-refractivity contribution in [3.63, 3.8) is 0 Å². The van der Waals surface area contributed by atoms with Gasteiger partial charge in [-0.05, 0) is 89.2 Å². The maximum atomic E-state index is 12.7. The van der Waals surface area contributed by atoms with Crippen molar-refractivity contribution in [1.82, 2.24) is 0 Å². The first kappa shape index (κ1) is 26.4. The van der Waals surface area contributed by atoms with Crippen molar-refractivity contribution in [1.29, 1.82) is 5.26 Å². The number of nitrogens with zero attached hydrogens (tertiary/aromatic N) is 1. The topological polar surface area (TPSA) is 71.3 Å². The molecular formula is C25H18BrCl2IN2O3. The first-order valence-electron chi connectivity index (χ1n) is 10.0. The van der Waals surface area contributed by atoms with Crippen molar-refractivity contribution in [2.75, 3.05) is 11.9 Å². The van der Waals surface area contributed by atoms with E-state index in [1.807, 2.05) is 43.3 Å². The Balaban J connectivity index is 1.84. The van der Waals surface area contributed by atoms with Crippen molar-refractivity contribution in [2.45, 2.75) is 13.5 Å². The molecule has 3 rings (SSSR count). The third-order valence-electron chi connectivity index (χ3n) is 4.48. The number of carbonyl (C=O) groups is 1. The number of hydrogen-bond donors (Lipinski definition) is 1. The summed E-state index contributed by atoms with van der Waals surface area (Å²) in [6.07, 6.45) is 1.50. The molecule has 0 heterocycles. The first-order chi connectivity index (χ1) is 16.3. The number of carbonyl (C=O) groups excluding carboxylic acids is 1. The molecule has 0 aliphatic heterocycles. The van der Waals surface area contributed by atoms with Crippen LogP contribution in [-0.2, 0) is 11.4 Å². The van der Waals surface area contributed by atoms with Crippen LogP contribution in [0.3, 0.4) is 0 Å². The maximum Gasteiger partial charge on any atom is 0.266 e. The summed E-state index contributed by atoms with van der Waals surface area (Å²) in [7, 11) is 0. The maximum absolute atomic E-state index is 12.7. The van der Waals surface area contributed by atoms with Gasteiger partial charge in [-0.3, -0.25) is 4.79 Å². The fourth-order valence-corrected chi connectivity index (χ4v) is 4.24. The van der Waals surface area contributed by atoms with Gasteiger partial charge in [-0.2, -0.15) is 5.26 Å².